The molecule has 0 aromatic heterocycles. The summed E-state index contributed by atoms with van der Waals surface area (Å²) in [6.07, 6.45) is 22.0. The molecule has 0 saturated carbocycles. The molecular weight excluding hydrogens is 853 g/mol. The number of fused-ring (bicyclic) bond motifs is 2. The summed E-state index contributed by atoms with van der Waals surface area (Å²) in [6, 6.07) is 31.0. The molecule has 2 aliphatic heterocycles. The molecule has 4 aromatic rings. The zero-order valence-electron chi connectivity index (χ0n) is 36.8. The molecule has 6 rings (SSSR count). The van der Waals surface area contributed by atoms with Crippen molar-refractivity contribution in [2.24, 2.45) is 0 Å². The Hall–Kier alpha value is -3.85. The lowest BCUT2D eigenvalue weighted by molar-refractivity contribution is -0.447. The number of allylic oxidation sites excluding steroid dienone is 8. The highest BCUT2D eigenvalue weighted by atomic mass is 32.2. The Morgan fingerprint density at radius 3 is 1.94 bits per heavy atom. The van der Waals surface area contributed by atoms with Gasteiger partial charge in [0, 0.05) is 75.1 Å². The maximum Gasteiger partial charge on any atom is 0.264 e. The van der Waals surface area contributed by atoms with Crippen LogP contribution in [0.25, 0.3) is 22.3 Å². The van der Waals surface area contributed by atoms with Crippen molar-refractivity contribution in [1.29, 1.82) is 0 Å². The largest absolute Gasteiger partial charge is 0.344 e. The van der Waals surface area contributed by atoms with Crippen LogP contribution in [0.5, 0.6) is 0 Å². The van der Waals surface area contributed by atoms with Crippen molar-refractivity contribution in [3.05, 3.63) is 144 Å². The van der Waals surface area contributed by atoms with Crippen molar-refractivity contribution in [1.82, 2.24) is 0 Å². The van der Waals surface area contributed by atoms with Crippen molar-refractivity contribution in [2.45, 2.75) is 74.0 Å². The number of unbranched alkanes of at least 4 members (excludes halogenated alkanes) is 2. The van der Waals surface area contributed by atoms with Crippen molar-refractivity contribution < 1.29 is 31.8 Å². The van der Waals surface area contributed by atoms with Gasteiger partial charge in [-0.3, -0.25) is 4.55 Å². The summed E-state index contributed by atoms with van der Waals surface area (Å²) in [4.78, 5) is 9.31. The van der Waals surface area contributed by atoms with E-state index in [-0.39, 0.29) is 16.6 Å². The molecule has 328 valence electrons. The molecule has 2 aliphatic rings. The van der Waals surface area contributed by atoms with Crippen LogP contribution < -0.4 is 4.90 Å². The lowest BCUT2D eigenvalue weighted by atomic mass is 9.80. The maximum absolute atomic E-state index is 11.5. The molecule has 0 spiro atoms. The van der Waals surface area contributed by atoms with Gasteiger partial charge < -0.3 is 4.90 Å². The van der Waals surface area contributed by atoms with Crippen LogP contribution in [0.1, 0.15) is 64.5 Å². The number of hydrogen-bond donors (Lipinski definition) is 1. The molecule has 0 aliphatic carbocycles. The summed E-state index contributed by atoms with van der Waals surface area (Å²) in [5, 5.41) is 4.55. The lowest BCUT2D eigenvalue weighted by Gasteiger charge is -2.27. The van der Waals surface area contributed by atoms with Gasteiger partial charge in [-0.2, -0.15) is 13.0 Å². The van der Waals surface area contributed by atoms with E-state index in [0.717, 1.165) is 42.1 Å². The number of nitrogens with zero attached hydrogens (tertiary/aromatic N) is 2. The molecule has 0 unspecified atom stereocenters. The van der Waals surface area contributed by atoms with E-state index in [4.69, 9.17) is 4.33 Å². The van der Waals surface area contributed by atoms with E-state index < -0.39 is 10.1 Å². The second-order valence-electron chi connectivity index (χ2n) is 16.4. The van der Waals surface area contributed by atoms with Crippen molar-refractivity contribution >= 4 is 62.8 Å². The summed E-state index contributed by atoms with van der Waals surface area (Å²) in [6.45, 7) is 10.6. The summed E-state index contributed by atoms with van der Waals surface area (Å²) in [7, 11) is -2.59. The van der Waals surface area contributed by atoms with E-state index in [9.17, 15) is 13.0 Å². The van der Waals surface area contributed by atoms with Gasteiger partial charge in [0.25, 0.3) is 10.1 Å². The first-order chi connectivity index (χ1) is 29.8. The Morgan fingerprint density at radius 1 is 0.710 bits per heavy atom. The third kappa shape index (κ3) is 11.6. The van der Waals surface area contributed by atoms with E-state index in [1.165, 1.54) is 68.2 Å². The number of rotatable bonds is 21. The van der Waals surface area contributed by atoms with Gasteiger partial charge in [-0.1, -0.05) is 79.6 Å². The van der Waals surface area contributed by atoms with Gasteiger partial charge in [0.05, 0.1) is 18.3 Å². The second-order valence-corrected chi connectivity index (χ2v) is 20.5. The predicted octanol–water partition coefficient (Wildman–Crippen LogP) is 12.8. The number of hydrogen-bond acceptors (Lipinski definition) is 9. The van der Waals surface area contributed by atoms with Gasteiger partial charge in [0.2, 0.25) is 5.69 Å². The van der Waals surface area contributed by atoms with Gasteiger partial charge in [-0.25, -0.2) is 4.89 Å². The number of benzene rings is 4. The average Bonchev–Trinajstić information content (AvgIpc) is 3.61. The lowest BCUT2D eigenvalue weighted by Crippen LogP contribution is -2.28. The molecule has 1 N–H and O–H groups in total. The van der Waals surface area contributed by atoms with Crippen LogP contribution in [0.2, 0.25) is 0 Å². The van der Waals surface area contributed by atoms with Crippen LogP contribution in [0.4, 0.5) is 11.4 Å². The average molecular weight is 912 g/mol. The third-order valence-electron chi connectivity index (χ3n) is 11.6. The van der Waals surface area contributed by atoms with Crippen molar-refractivity contribution in [2.75, 3.05) is 49.1 Å². The summed E-state index contributed by atoms with van der Waals surface area (Å²) in [5.74, 6) is 0.547. The van der Waals surface area contributed by atoms with Crippen LogP contribution in [0.15, 0.2) is 143 Å². The van der Waals surface area contributed by atoms with Gasteiger partial charge in [-0.05, 0) is 128 Å². The Bertz CT molecular complexity index is 2440. The van der Waals surface area contributed by atoms with Crippen molar-refractivity contribution in [3.63, 3.8) is 0 Å². The van der Waals surface area contributed by atoms with E-state index >= 15 is 0 Å². The highest BCUT2D eigenvalue weighted by Crippen LogP contribution is 2.49. The molecule has 62 heavy (non-hydrogen) atoms. The molecule has 0 saturated heterocycles. The van der Waals surface area contributed by atoms with Crippen LogP contribution in [-0.2, 0) is 35.2 Å². The normalized spacial score (nSPS) is 16.5. The molecule has 0 radical (unpaired) electrons. The van der Waals surface area contributed by atoms with Crippen LogP contribution >= 0.6 is 35.6 Å². The zero-order valence-corrected chi connectivity index (χ0v) is 40.1. The van der Waals surface area contributed by atoms with Crippen LogP contribution in [-0.4, -0.2) is 67.5 Å². The Morgan fingerprint density at radius 2 is 1.31 bits per heavy atom. The molecule has 4 aromatic carbocycles. The van der Waals surface area contributed by atoms with Crippen LogP contribution in [0.3, 0.4) is 0 Å². The smallest absolute Gasteiger partial charge is 0.264 e. The fraction of sp³-hybridized carbons (Fsp3) is 0.340. The summed E-state index contributed by atoms with van der Waals surface area (Å²) < 4.78 is 39.8. The Labute approximate surface area is 382 Å². The molecule has 2 heterocycles. The molecule has 0 bridgehead atoms. The van der Waals surface area contributed by atoms with Crippen LogP contribution in [0, 0.1) is 0 Å². The van der Waals surface area contributed by atoms with Gasteiger partial charge in [-0.15, -0.1) is 27.9 Å². The molecule has 0 amide bonds. The monoisotopic (exact) mass is 911 g/mol. The topological polar surface area (TPSA) is 88.3 Å². The molecular formula is C50H59N2O6S4+. The zero-order chi connectivity index (χ0) is 44.3. The fourth-order valence-corrected chi connectivity index (χ4v) is 10.2. The third-order valence-corrected chi connectivity index (χ3v) is 14.5. The second kappa shape index (κ2) is 21.7. The molecule has 0 atom stereocenters. The summed E-state index contributed by atoms with van der Waals surface area (Å²) >= 11 is 4.73. The number of anilines is 1. The molecule has 0 fully saturated rings. The maximum atomic E-state index is 11.5. The molecule has 8 nitrogen and oxygen atoms in total. The summed E-state index contributed by atoms with van der Waals surface area (Å²) in [5.41, 5.74) is 11.5. The predicted molar refractivity (Wildman–Crippen MR) is 263 cm³/mol. The first kappa shape index (κ1) is 47.6. The fourth-order valence-electron chi connectivity index (χ4n) is 8.31. The van der Waals surface area contributed by atoms with Gasteiger partial charge in [0.1, 0.15) is 6.54 Å². The van der Waals surface area contributed by atoms with Crippen molar-refractivity contribution in [3.8, 4) is 22.3 Å². The highest BCUT2D eigenvalue weighted by Gasteiger charge is 2.44. The quantitative estimate of drug-likeness (QED) is 0.0127. The minimum absolute atomic E-state index is 0.217. The van der Waals surface area contributed by atoms with E-state index in [1.54, 1.807) is 23.5 Å². The van der Waals surface area contributed by atoms with E-state index in [1.807, 2.05) is 0 Å². The van der Waals surface area contributed by atoms with Gasteiger partial charge in [0.15, 0.2) is 5.71 Å². The minimum Gasteiger partial charge on any atom is -0.344 e. The SMILES string of the molecule is COOOSCCCC[N+]1=C(/C=C/C=C/C=C/C=C2/N(CCCCS(=O)(=O)O)c3ccc(-c4ccc(SC)cc4)cc3C2(C)C)C(C)(C)c2cc(-c3ccc(SC)cc3)ccc21. The Kier molecular flexibility index (Phi) is 16.7. The van der Waals surface area contributed by atoms with Gasteiger partial charge >= 0.3 is 0 Å². The molecule has 12 heteroatoms. The first-order valence-electron chi connectivity index (χ1n) is 20.9. The standard InChI is InChI=1S/C50H58N2O6S4/c1-49(2)43-35-39(37-19-25-41(59-6)26-20-37)23-29-45(43)51(31-13-15-33-61-58-57-56-5)47(49)17-11-9-8-10-12-18-48-50(3,4)44-36-40(38-21-27-42(60-7)28-22-38)24-30-46(44)52(48)32-14-16-34-62(53,54)55/h8-12,17-30,35-36H,13-16,31-34H2,1-7H3/p+1. The minimum atomic E-state index is -4.01. The Balaban J connectivity index is 1.22. The first-order valence-corrected chi connectivity index (χ1v) is 25.9. The number of thioether (sulfide) groups is 2. The highest BCUT2D eigenvalue weighted by molar-refractivity contribution is 7.98. The van der Waals surface area contributed by atoms with E-state index in [2.05, 4.69) is 187 Å². The van der Waals surface area contributed by atoms with E-state index in [0.29, 0.717) is 19.4 Å².